The van der Waals surface area contributed by atoms with Crippen LogP contribution in [0.15, 0.2) is 84.9 Å². The Morgan fingerprint density at radius 3 is 0.809 bits per heavy atom. The van der Waals surface area contributed by atoms with Crippen LogP contribution in [0.1, 0.15) is 155 Å². The van der Waals surface area contributed by atoms with E-state index in [-0.39, 0.29) is 23.9 Å². The van der Waals surface area contributed by atoms with Gasteiger partial charge in [-0.15, -0.1) is 45.3 Å². The van der Waals surface area contributed by atoms with E-state index in [1.807, 2.05) is 95.2 Å². The Morgan fingerprint density at radius 1 is 0.338 bits per heavy atom. The first-order chi connectivity index (χ1) is 31.8. The molecule has 0 amide bonds. The van der Waals surface area contributed by atoms with Gasteiger partial charge in [-0.3, -0.25) is 19.2 Å². The van der Waals surface area contributed by atoms with E-state index in [1.54, 1.807) is 45.3 Å². The Morgan fingerprint density at radius 2 is 0.559 bits per heavy atom. The van der Waals surface area contributed by atoms with E-state index in [0.717, 1.165) is 43.1 Å². The molecule has 0 spiro atoms. The molecule has 358 valence electrons. The van der Waals surface area contributed by atoms with Gasteiger partial charge >= 0.3 is 23.9 Å². The Hall–Kier alpha value is -4.88. The second-order valence-corrected chi connectivity index (χ2v) is 26.4. The van der Waals surface area contributed by atoms with Crippen molar-refractivity contribution in [3.05, 3.63) is 107 Å². The van der Waals surface area contributed by atoms with Crippen LogP contribution in [-0.2, 0) is 38.1 Å². The van der Waals surface area contributed by atoms with Crippen molar-refractivity contribution in [3.8, 4) is 50.1 Å². The predicted molar refractivity (Wildman–Crippen MR) is 277 cm³/mol. The van der Waals surface area contributed by atoms with Crippen LogP contribution in [0.5, 0.6) is 0 Å². The molecule has 0 fully saturated rings. The summed E-state index contributed by atoms with van der Waals surface area (Å²) in [5.41, 5.74) is 3.06. The zero-order valence-electron chi connectivity index (χ0n) is 41.1. The summed E-state index contributed by atoms with van der Waals surface area (Å²) in [4.78, 5) is 61.5. The zero-order chi connectivity index (χ0) is 49.1. The van der Waals surface area contributed by atoms with Gasteiger partial charge in [0.1, 0.15) is 24.4 Å². The van der Waals surface area contributed by atoms with Crippen LogP contribution >= 0.6 is 45.3 Å². The van der Waals surface area contributed by atoms with Gasteiger partial charge in [-0.05, 0) is 203 Å². The van der Waals surface area contributed by atoms with Crippen LogP contribution in [0.2, 0.25) is 0 Å². The molecular formula is C56H62O8S4. The molecular weight excluding hydrogens is 929 g/mol. The highest BCUT2D eigenvalue weighted by Gasteiger charge is 2.38. The number of ether oxygens (including phenoxy) is 4. The molecule has 4 unspecified atom stereocenters. The molecule has 0 saturated carbocycles. The smallest absolute Gasteiger partial charge is 0.311 e. The average molecular weight is 991 g/mol. The van der Waals surface area contributed by atoms with Crippen molar-refractivity contribution in [2.45, 2.75) is 133 Å². The molecule has 68 heavy (non-hydrogen) atoms. The van der Waals surface area contributed by atoms with Gasteiger partial charge in [0.05, 0.1) is 21.7 Å². The summed E-state index contributed by atoms with van der Waals surface area (Å²) in [7, 11) is 0. The maximum absolute atomic E-state index is 13.1. The summed E-state index contributed by atoms with van der Waals surface area (Å²) < 4.78 is 24.4. The fraction of sp³-hybridized carbons (Fsp3) is 0.429. The van der Waals surface area contributed by atoms with Gasteiger partial charge in [-0.25, -0.2) is 0 Å². The minimum Gasteiger partial charge on any atom is -0.457 e. The minimum absolute atomic E-state index is 0.253. The zero-order valence-corrected chi connectivity index (χ0v) is 44.4. The van der Waals surface area contributed by atoms with E-state index in [2.05, 4.69) is 72.8 Å². The topological polar surface area (TPSA) is 105 Å². The largest absolute Gasteiger partial charge is 0.457 e. The maximum atomic E-state index is 13.1. The highest BCUT2D eigenvalue weighted by atomic mass is 32.1. The summed E-state index contributed by atoms with van der Waals surface area (Å²) >= 11 is 7.00. The number of rotatable bonds is 9. The summed E-state index contributed by atoms with van der Waals surface area (Å²) in [6.07, 6.45) is 0.621. The molecule has 6 aromatic rings. The molecule has 4 atom stereocenters. The summed E-state index contributed by atoms with van der Waals surface area (Å²) in [6, 6.07) is 29.9. The SMILES string of the molecule is CC(C)(C)C(=O)OC1CCC(OC(=O)C(C)(C)C)c2cc(-c3ccc(-c4ccc(-c5ccc(-c6ccc(-c7ccc8c(c7)C(OC(=O)C(C)(C)C)CCC8OC(=O)C(C)(C)C)s6)s5)s4)s3)ccc21. The van der Waals surface area contributed by atoms with Crippen molar-refractivity contribution in [2.24, 2.45) is 21.7 Å². The van der Waals surface area contributed by atoms with Crippen LogP contribution in [0, 0.1) is 21.7 Å². The second-order valence-electron chi connectivity index (χ2n) is 22.1. The van der Waals surface area contributed by atoms with Gasteiger partial charge in [-0.1, -0.05) is 24.3 Å². The molecule has 8 rings (SSSR count). The molecule has 0 aliphatic heterocycles. The molecule has 4 heterocycles. The monoisotopic (exact) mass is 990 g/mol. The van der Waals surface area contributed by atoms with Crippen LogP contribution in [0.4, 0.5) is 0 Å². The normalized spacial score (nSPS) is 18.6. The van der Waals surface area contributed by atoms with E-state index in [0.29, 0.717) is 25.7 Å². The van der Waals surface area contributed by atoms with Gasteiger partial charge in [0.15, 0.2) is 0 Å². The highest BCUT2D eigenvalue weighted by Crippen LogP contribution is 2.49. The molecule has 4 aromatic heterocycles. The number of benzene rings is 2. The lowest BCUT2D eigenvalue weighted by Crippen LogP contribution is -2.30. The van der Waals surface area contributed by atoms with Crippen molar-refractivity contribution in [1.29, 1.82) is 0 Å². The van der Waals surface area contributed by atoms with E-state index in [1.165, 1.54) is 29.3 Å². The molecule has 0 N–H and O–H groups in total. The first kappa shape index (κ1) is 49.5. The third-order valence-corrected chi connectivity index (χ3v) is 17.1. The predicted octanol–water partition coefficient (Wildman–Crippen LogP) is 16.4. The lowest BCUT2D eigenvalue weighted by molar-refractivity contribution is -0.165. The van der Waals surface area contributed by atoms with Gasteiger partial charge in [0.25, 0.3) is 0 Å². The fourth-order valence-corrected chi connectivity index (χ4v) is 12.3. The third-order valence-electron chi connectivity index (χ3n) is 12.1. The number of hydrogen-bond acceptors (Lipinski definition) is 12. The number of esters is 4. The summed E-state index contributed by atoms with van der Waals surface area (Å²) in [5.74, 6) is -1.02. The van der Waals surface area contributed by atoms with Gasteiger partial charge in [0.2, 0.25) is 0 Å². The summed E-state index contributed by atoms with van der Waals surface area (Å²) in [5, 5.41) is 0. The number of hydrogen-bond donors (Lipinski definition) is 0. The molecule has 0 bridgehead atoms. The molecule has 0 radical (unpaired) electrons. The Bertz CT molecular complexity index is 2670. The number of fused-ring (bicyclic) bond motifs is 2. The molecule has 2 aromatic carbocycles. The Kier molecular flexibility index (Phi) is 13.7. The van der Waals surface area contributed by atoms with Crippen LogP contribution in [-0.4, -0.2) is 23.9 Å². The van der Waals surface area contributed by atoms with Crippen molar-refractivity contribution >= 4 is 69.2 Å². The first-order valence-electron chi connectivity index (χ1n) is 23.4. The van der Waals surface area contributed by atoms with Crippen molar-refractivity contribution in [3.63, 3.8) is 0 Å². The van der Waals surface area contributed by atoms with Crippen molar-refractivity contribution in [1.82, 2.24) is 0 Å². The first-order valence-corrected chi connectivity index (χ1v) is 26.6. The van der Waals surface area contributed by atoms with Gasteiger partial charge in [0, 0.05) is 39.0 Å². The summed E-state index contributed by atoms with van der Waals surface area (Å²) in [6.45, 7) is 22.3. The van der Waals surface area contributed by atoms with Gasteiger partial charge in [-0.2, -0.15) is 0 Å². The minimum atomic E-state index is -0.646. The Balaban J connectivity index is 1.00. The molecule has 2 aliphatic rings. The van der Waals surface area contributed by atoms with E-state index >= 15 is 0 Å². The number of thiophene rings is 4. The highest BCUT2D eigenvalue weighted by molar-refractivity contribution is 7.29. The van der Waals surface area contributed by atoms with Crippen molar-refractivity contribution < 1.29 is 38.1 Å². The maximum Gasteiger partial charge on any atom is 0.311 e. The van der Waals surface area contributed by atoms with Crippen molar-refractivity contribution in [2.75, 3.05) is 0 Å². The second kappa shape index (κ2) is 18.8. The van der Waals surface area contributed by atoms with E-state index < -0.39 is 46.1 Å². The van der Waals surface area contributed by atoms with E-state index in [4.69, 9.17) is 18.9 Å². The molecule has 0 saturated heterocycles. The number of carbonyl (C=O) groups is 4. The Labute approximate surface area is 417 Å². The average Bonchev–Trinajstić information content (AvgIpc) is 4.11. The lowest BCUT2D eigenvalue weighted by atomic mass is 9.85. The fourth-order valence-electron chi connectivity index (χ4n) is 8.00. The van der Waals surface area contributed by atoms with Crippen LogP contribution in [0.25, 0.3) is 50.1 Å². The molecule has 8 nitrogen and oxygen atoms in total. The van der Waals surface area contributed by atoms with Crippen LogP contribution in [0.3, 0.4) is 0 Å². The van der Waals surface area contributed by atoms with Gasteiger partial charge < -0.3 is 18.9 Å². The number of carbonyl (C=O) groups excluding carboxylic acids is 4. The third kappa shape index (κ3) is 10.8. The van der Waals surface area contributed by atoms with Crippen LogP contribution < -0.4 is 0 Å². The molecule has 12 heteroatoms. The van der Waals surface area contributed by atoms with E-state index in [9.17, 15) is 19.2 Å². The lowest BCUT2D eigenvalue weighted by Gasteiger charge is -2.34. The standard InChI is InChI=1S/C56H62O8S4/c1-53(2,3)49(57)61-37-17-19-39(63-51(59)55(7,8)9)35-29-31(13-15-33(35)37)41-21-23-43(65-41)45-25-27-47(67-45)48-28-26-46(68-48)44-24-22-42(66-44)32-14-16-34-36(30-32)40(64-52(60)56(10,11)12)20-18-38(34)62-50(58)54(4,5)6/h13-16,21-30,37-40H,17-20H2,1-12H3. The molecule has 2 aliphatic carbocycles. The quantitative estimate of drug-likeness (QED) is 0.104.